The largest absolute Gasteiger partial charge is 0.389 e. The predicted octanol–water partition coefficient (Wildman–Crippen LogP) is 2.49. The van der Waals surface area contributed by atoms with Gasteiger partial charge in [0.05, 0.1) is 11.0 Å². The summed E-state index contributed by atoms with van der Waals surface area (Å²) in [5, 5.41) is 20.6. The topological polar surface area (TPSA) is 66.6 Å². The Morgan fingerprint density at radius 1 is 1.56 bits per heavy atom. The molecule has 1 N–H and O–H groups in total. The fourth-order valence-corrected chi connectivity index (χ4v) is 2.37. The minimum atomic E-state index is -0.685. The first kappa shape index (κ1) is 12.8. The van der Waals surface area contributed by atoms with Crippen LogP contribution in [0.4, 0.5) is 11.4 Å². The molecule has 0 saturated carbocycles. The van der Waals surface area contributed by atoms with Crippen LogP contribution >= 0.6 is 0 Å². The molecule has 1 aromatic rings. The maximum atomic E-state index is 11.1. The minimum absolute atomic E-state index is 0.0856. The molecule has 1 unspecified atom stereocenters. The zero-order chi connectivity index (χ0) is 13.3. The van der Waals surface area contributed by atoms with Crippen LogP contribution in [0, 0.1) is 16.0 Å². The number of nitrogens with zero attached hydrogens (tertiary/aromatic N) is 2. The van der Waals surface area contributed by atoms with Crippen molar-refractivity contribution in [1.82, 2.24) is 0 Å². The number of rotatable bonds is 3. The molecule has 0 aromatic heterocycles. The van der Waals surface area contributed by atoms with E-state index in [0.717, 1.165) is 19.5 Å². The minimum Gasteiger partial charge on any atom is -0.389 e. The Hall–Kier alpha value is -1.62. The molecule has 2 rings (SSSR count). The molecule has 98 valence electrons. The third kappa shape index (κ3) is 2.46. The van der Waals surface area contributed by atoms with Crippen molar-refractivity contribution in [3.05, 3.63) is 33.9 Å². The molecule has 1 heterocycles. The second-order valence-electron chi connectivity index (χ2n) is 5.02. The van der Waals surface area contributed by atoms with Gasteiger partial charge in [-0.3, -0.25) is 10.1 Å². The second kappa shape index (κ2) is 4.94. The number of benzene rings is 1. The molecule has 0 radical (unpaired) electrons. The molecule has 0 aliphatic carbocycles. The summed E-state index contributed by atoms with van der Waals surface area (Å²) >= 11 is 0. The van der Waals surface area contributed by atoms with E-state index in [1.54, 1.807) is 19.1 Å². The maximum Gasteiger partial charge on any atom is 0.292 e. The van der Waals surface area contributed by atoms with Crippen LogP contribution < -0.4 is 4.90 Å². The smallest absolute Gasteiger partial charge is 0.292 e. The second-order valence-corrected chi connectivity index (χ2v) is 5.02. The highest BCUT2D eigenvalue weighted by Crippen LogP contribution is 2.34. The Morgan fingerprint density at radius 2 is 2.28 bits per heavy atom. The first-order chi connectivity index (χ1) is 8.49. The van der Waals surface area contributed by atoms with Gasteiger partial charge in [0, 0.05) is 19.2 Å². The lowest BCUT2D eigenvalue weighted by Gasteiger charge is -2.19. The highest BCUT2D eigenvalue weighted by molar-refractivity contribution is 5.65. The van der Waals surface area contributed by atoms with E-state index < -0.39 is 6.10 Å². The van der Waals surface area contributed by atoms with E-state index >= 15 is 0 Å². The Kier molecular flexibility index (Phi) is 3.52. The maximum absolute atomic E-state index is 11.1. The number of nitro benzene ring substituents is 1. The van der Waals surface area contributed by atoms with Crippen molar-refractivity contribution in [3.8, 4) is 0 Å². The van der Waals surface area contributed by atoms with E-state index in [0.29, 0.717) is 17.2 Å². The number of hydrogen-bond donors (Lipinski definition) is 1. The molecule has 5 nitrogen and oxygen atoms in total. The van der Waals surface area contributed by atoms with Gasteiger partial charge in [0.15, 0.2) is 0 Å². The van der Waals surface area contributed by atoms with Gasteiger partial charge in [-0.1, -0.05) is 13.0 Å². The summed E-state index contributed by atoms with van der Waals surface area (Å²) in [4.78, 5) is 12.8. The van der Waals surface area contributed by atoms with Crippen molar-refractivity contribution in [3.63, 3.8) is 0 Å². The quantitative estimate of drug-likeness (QED) is 0.661. The Morgan fingerprint density at radius 3 is 2.78 bits per heavy atom. The van der Waals surface area contributed by atoms with Gasteiger partial charge in [-0.2, -0.15) is 0 Å². The molecule has 0 spiro atoms. The van der Waals surface area contributed by atoms with E-state index in [1.165, 1.54) is 6.07 Å². The SMILES string of the molecule is CC1CCN(c2ccc([C@H](C)O)cc2[N+](=O)[O-])C1. The summed E-state index contributed by atoms with van der Waals surface area (Å²) in [5.41, 5.74) is 1.33. The fourth-order valence-electron chi connectivity index (χ4n) is 2.37. The number of nitro groups is 1. The average molecular weight is 250 g/mol. The molecule has 18 heavy (non-hydrogen) atoms. The van der Waals surface area contributed by atoms with E-state index in [9.17, 15) is 15.2 Å². The van der Waals surface area contributed by atoms with Gasteiger partial charge in [-0.15, -0.1) is 0 Å². The molecule has 1 fully saturated rings. The summed E-state index contributed by atoms with van der Waals surface area (Å²) in [6.07, 6.45) is 0.380. The van der Waals surface area contributed by atoms with Gasteiger partial charge < -0.3 is 10.0 Å². The highest BCUT2D eigenvalue weighted by Gasteiger charge is 2.26. The number of aliphatic hydroxyl groups excluding tert-OH is 1. The molecule has 1 saturated heterocycles. The molecule has 0 amide bonds. The average Bonchev–Trinajstić information content (AvgIpc) is 2.74. The summed E-state index contributed by atoms with van der Waals surface area (Å²) in [5.74, 6) is 0.570. The Labute approximate surface area is 106 Å². The highest BCUT2D eigenvalue weighted by atomic mass is 16.6. The number of hydrogen-bond acceptors (Lipinski definition) is 4. The van der Waals surface area contributed by atoms with Crippen LogP contribution in [0.1, 0.15) is 31.9 Å². The third-order valence-corrected chi connectivity index (χ3v) is 3.44. The zero-order valence-corrected chi connectivity index (χ0v) is 10.7. The lowest BCUT2D eigenvalue weighted by molar-refractivity contribution is -0.384. The van der Waals surface area contributed by atoms with Crippen LogP contribution in [0.25, 0.3) is 0 Å². The van der Waals surface area contributed by atoms with E-state index in [-0.39, 0.29) is 10.6 Å². The summed E-state index contributed by atoms with van der Waals surface area (Å²) in [6.45, 7) is 5.47. The Bertz CT molecular complexity index is 460. The number of aliphatic hydroxyl groups is 1. The molecule has 1 aromatic carbocycles. The third-order valence-electron chi connectivity index (χ3n) is 3.44. The van der Waals surface area contributed by atoms with Crippen LogP contribution in [0.15, 0.2) is 18.2 Å². The summed E-state index contributed by atoms with van der Waals surface area (Å²) in [6, 6.07) is 4.98. The summed E-state index contributed by atoms with van der Waals surface area (Å²) < 4.78 is 0. The molecule has 5 heteroatoms. The van der Waals surface area contributed by atoms with Crippen molar-refractivity contribution < 1.29 is 10.0 Å². The van der Waals surface area contributed by atoms with Crippen molar-refractivity contribution in [2.24, 2.45) is 5.92 Å². The first-order valence-electron chi connectivity index (χ1n) is 6.20. The molecular formula is C13H18N2O3. The molecule has 1 aliphatic rings. The van der Waals surface area contributed by atoms with E-state index in [2.05, 4.69) is 11.8 Å². The summed E-state index contributed by atoms with van der Waals surface area (Å²) in [7, 11) is 0. The fraction of sp³-hybridized carbons (Fsp3) is 0.538. The molecule has 1 aliphatic heterocycles. The van der Waals surface area contributed by atoms with Gasteiger partial charge in [-0.25, -0.2) is 0 Å². The van der Waals surface area contributed by atoms with Crippen molar-refractivity contribution in [1.29, 1.82) is 0 Å². The van der Waals surface area contributed by atoms with Gasteiger partial charge in [0.25, 0.3) is 5.69 Å². The monoisotopic (exact) mass is 250 g/mol. The van der Waals surface area contributed by atoms with Crippen LogP contribution in [0.2, 0.25) is 0 Å². The van der Waals surface area contributed by atoms with Gasteiger partial charge in [-0.05, 0) is 30.9 Å². The van der Waals surface area contributed by atoms with Crippen LogP contribution in [-0.2, 0) is 0 Å². The van der Waals surface area contributed by atoms with Gasteiger partial charge in [0.1, 0.15) is 5.69 Å². The van der Waals surface area contributed by atoms with Gasteiger partial charge in [0.2, 0.25) is 0 Å². The number of anilines is 1. The predicted molar refractivity (Wildman–Crippen MR) is 69.7 cm³/mol. The van der Waals surface area contributed by atoms with Crippen molar-refractivity contribution in [2.75, 3.05) is 18.0 Å². The lowest BCUT2D eigenvalue weighted by atomic mass is 10.1. The van der Waals surface area contributed by atoms with Crippen molar-refractivity contribution in [2.45, 2.75) is 26.4 Å². The first-order valence-corrected chi connectivity index (χ1v) is 6.20. The molecule has 0 bridgehead atoms. The Balaban J connectivity index is 2.38. The molecule has 2 atom stereocenters. The normalized spacial score (nSPS) is 21.1. The van der Waals surface area contributed by atoms with Crippen LogP contribution in [-0.4, -0.2) is 23.1 Å². The molecular weight excluding hydrogens is 232 g/mol. The lowest BCUT2D eigenvalue weighted by Crippen LogP contribution is -2.20. The van der Waals surface area contributed by atoms with E-state index in [1.807, 2.05) is 0 Å². The standard InChI is InChI=1S/C13H18N2O3/c1-9-5-6-14(8-9)12-4-3-11(10(2)16)7-13(12)15(17)18/h3-4,7,9-10,16H,5-6,8H2,1-2H3/t9?,10-/m0/s1. The van der Waals surface area contributed by atoms with Gasteiger partial charge >= 0.3 is 0 Å². The zero-order valence-electron chi connectivity index (χ0n) is 10.7. The van der Waals surface area contributed by atoms with Crippen LogP contribution in [0.3, 0.4) is 0 Å². The van der Waals surface area contributed by atoms with Crippen molar-refractivity contribution >= 4 is 11.4 Å². The van der Waals surface area contributed by atoms with Crippen LogP contribution in [0.5, 0.6) is 0 Å². The van der Waals surface area contributed by atoms with E-state index in [4.69, 9.17) is 0 Å².